The van der Waals surface area contributed by atoms with Crippen LogP contribution in [0.5, 0.6) is 17.2 Å². The number of hydrogen-bond acceptors (Lipinski definition) is 7. The zero-order chi connectivity index (χ0) is 22.8. The molecule has 1 aromatic heterocycles. The molecule has 0 bridgehead atoms. The highest BCUT2D eigenvalue weighted by Crippen LogP contribution is 2.36. The van der Waals surface area contributed by atoms with Gasteiger partial charge in [0.25, 0.3) is 0 Å². The van der Waals surface area contributed by atoms with Crippen LogP contribution in [0.15, 0.2) is 40.9 Å². The third-order valence-electron chi connectivity index (χ3n) is 5.41. The van der Waals surface area contributed by atoms with E-state index >= 15 is 0 Å². The normalized spacial score (nSPS) is 16.0. The second-order valence-corrected chi connectivity index (χ2v) is 8.05. The lowest BCUT2D eigenvalue weighted by Crippen LogP contribution is -2.25. The smallest absolute Gasteiger partial charge is 0.232 e. The van der Waals surface area contributed by atoms with Crippen LogP contribution >= 0.6 is 0 Å². The predicted octanol–water partition coefficient (Wildman–Crippen LogP) is 4.37. The molecule has 0 aliphatic carbocycles. The Labute approximate surface area is 187 Å². The van der Waals surface area contributed by atoms with Crippen molar-refractivity contribution in [3.8, 4) is 28.6 Å². The van der Waals surface area contributed by atoms with E-state index < -0.39 is 0 Å². The average molecular weight is 437 g/mol. The molecule has 0 saturated carbocycles. The van der Waals surface area contributed by atoms with Crippen molar-refractivity contribution in [3.05, 3.63) is 47.9 Å². The van der Waals surface area contributed by atoms with Gasteiger partial charge >= 0.3 is 0 Å². The number of aryl methyl sites for hydroxylation is 1. The summed E-state index contributed by atoms with van der Waals surface area (Å²) in [4.78, 5) is 19.1. The third kappa shape index (κ3) is 4.26. The minimum absolute atomic E-state index is 0.0166. The van der Waals surface area contributed by atoms with Crippen LogP contribution in [-0.4, -0.2) is 42.9 Å². The zero-order valence-corrected chi connectivity index (χ0v) is 18.9. The van der Waals surface area contributed by atoms with Crippen molar-refractivity contribution in [1.82, 2.24) is 10.1 Å². The van der Waals surface area contributed by atoms with Gasteiger partial charge in [-0.05, 0) is 50.6 Å². The second kappa shape index (κ2) is 8.90. The van der Waals surface area contributed by atoms with Crippen LogP contribution in [0.3, 0.4) is 0 Å². The molecule has 168 valence electrons. The highest BCUT2D eigenvalue weighted by molar-refractivity contribution is 5.97. The van der Waals surface area contributed by atoms with Gasteiger partial charge in [-0.25, -0.2) is 0 Å². The van der Waals surface area contributed by atoms with Crippen LogP contribution in [0.1, 0.15) is 37.6 Å². The van der Waals surface area contributed by atoms with Crippen molar-refractivity contribution < 1.29 is 23.5 Å². The third-order valence-corrected chi connectivity index (χ3v) is 5.41. The van der Waals surface area contributed by atoms with Gasteiger partial charge in [0.15, 0.2) is 11.5 Å². The van der Waals surface area contributed by atoms with Crippen molar-refractivity contribution in [1.29, 1.82) is 0 Å². The fourth-order valence-electron chi connectivity index (χ4n) is 3.79. The highest BCUT2D eigenvalue weighted by atomic mass is 16.5. The summed E-state index contributed by atoms with van der Waals surface area (Å²) in [6.07, 6.45) is 0.338. The molecule has 1 aliphatic rings. The van der Waals surface area contributed by atoms with Crippen molar-refractivity contribution in [2.75, 3.05) is 25.7 Å². The molecular formula is C24H27N3O5. The summed E-state index contributed by atoms with van der Waals surface area (Å²) in [6.45, 7) is 6.36. The van der Waals surface area contributed by atoms with Crippen molar-refractivity contribution in [2.24, 2.45) is 0 Å². The van der Waals surface area contributed by atoms with Crippen LogP contribution < -0.4 is 19.1 Å². The van der Waals surface area contributed by atoms with Gasteiger partial charge in [-0.3, -0.25) is 4.79 Å². The Morgan fingerprint density at radius 1 is 1.09 bits per heavy atom. The van der Waals surface area contributed by atoms with Crippen molar-refractivity contribution in [3.63, 3.8) is 0 Å². The number of anilines is 1. The Morgan fingerprint density at radius 2 is 1.91 bits per heavy atom. The van der Waals surface area contributed by atoms with Gasteiger partial charge in [0, 0.05) is 24.6 Å². The monoisotopic (exact) mass is 437 g/mol. The minimum atomic E-state index is -0.181. The molecule has 0 N–H and O–H groups in total. The summed E-state index contributed by atoms with van der Waals surface area (Å²) in [5.41, 5.74) is 2.58. The molecule has 3 aromatic rings. The molecule has 1 atom stereocenters. The fraction of sp³-hybridized carbons (Fsp3) is 0.375. The number of methoxy groups -OCH3 is 2. The van der Waals surface area contributed by atoms with E-state index in [2.05, 4.69) is 10.1 Å². The van der Waals surface area contributed by atoms with Crippen LogP contribution in [0.4, 0.5) is 5.69 Å². The van der Waals surface area contributed by atoms with E-state index in [1.54, 1.807) is 19.1 Å². The second-order valence-electron chi connectivity index (χ2n) is 8.05. The summed E-state index contributed by atoms with van der Waals surface area (Å²) in [5, 5.41) is 4.13. The Bertz CT molecular complexity index is 1120. The number of benzene rings is 2. The molecular weight excluding hydrogens is 410 g/mol. The first-order valence-corrected chi connectivity index (χ1v) is 10.5. The first kappa shape index (κ1) is 21.7. The van der Waals surface area contributed by atoms with Gasteiger partial charge in [0.1, 0.15) is 5.75 Å². The molecule has 4 rings (SSSR count). The van der Waals surface area contributed by atoms with Gasteiger partial charge in [-0.15, -0.1) is 0 Å². The lowest BCUT2D eigenvalue weighted by Gasteiger charge is -2.19. The highest BCUT2D eigenvalue weighted by Gasteiger charge is 2.36. The number of nitrogens with zero attached hydrogens (tertiary/aromatic N) is 3. The van der Waals surface area contributed by atoms with Crippen LogP contribution in [0.2, 0.25) is 0 Å². The largest absolute Gasteiger partial charge is 0.497 e. The first-order valence-electron chi connectivity index (χ1n) is 10.5. The molecule has 1 amide bonds. The van der Waals surface area contributed by atoms with Crippen molar-refractivity contribution >= 4 is 11.6 Å². The molecule has 1 fully saturated rings. The molecule has 1 saturated heterocycles. The minimum Gasteiger partial charge on any atom is -0.497 e. The molecule has 0 radical (unpaired) electrons. The summed E-state index contributed by atoms with van der Waals surface area (Å²) >= 11 is 0. The number of carbonyl (C=O) groups is 1. The van der Waals surface area contributed by atoms with Gasteiger partial charge in [0.05, 0.1) is 31.9 Å². The number of rotatable bonds is 7. The maximum atomic E-state index is 12.8. The quantitative estimate of drug-likeness (QED) is 0.542. The van der Waals surface area contributed by atoms with E-state index in [9.17, 15) is 4.79 Å². The number of hydrogen-bond donors (Lipinski definition) is 0. The molecule has 1 aliphatic heterocycles. The van der Waals surface area contributed by atoms with Gasteiger partial charge in [0.2, 0.25) is 17.6 Å². The SMILES string of the molecule is COc1ccc(C)c(N2CC(c3nc(-c4ccc(OC(C)C)c(OC)c4)no3)CC2=O)c1. The molecule has 0 spiro atoms. The Kier molecular flexibility index (Phi) is 6.03. The van der Waals surface area contributed by atoms with Crippen molar-refractivity contribution in [2.45, 2.75) is 39.2 Å². The summed E-state index contributed by atoms with van der Waals surface area (Å²) in [7, 11) is 3.20. The van der Waals surface area contributed by atoms with Gasteiger partial charge in [-0.2, -0.15) is 4.98 Å². The fourth-order valence-corrected chi connectivity index (χ4v) is 3.79. The zero-order valence-electron chi connectivity index (χ0n) is 18.9. The maximum Gasteiger partial charge on any atom is 0.232 e. The Hall–Kier alpha value is -3.55. The molecule has 1 unspecified atom stereocenters. The van der Waals surface area contributed by atoms with E-state index in [0.717, 1.165) is 16.8 Å². The lowest BCUT2D eigenvalue weighted by atomic mass is 10.1. The summed E-state index contributed by atoms with van der Waals surface area (Å²) < 4.78 is 22.1. The summed E-state index contributed by atoms with van der Waals surface area (Å²) in [5.74, 6) is 2.68. The number of ether oxygens (including phenoxy) is 3. The lowest BCUT2D eigenvalue weighted by molar-refractivity contribution is -0.117. The van der Waals surface area contributed by atoms with Crippen LogP contribution in [0.25, 0.3) is 11.4 Å². The first-order chi connectivity index (χ1) is 15.4. The molecule has 32 heavy (non-hydrogen) atoms. The summed E-state index contributed by atoms with van der Waals surface area (Å²) in [6, 6.07) is 11.2. The molecule has 8 nitrogen and oxygen atoms in total. The Morgan fingerprint density at radius 3 is 2.62 bits per heavy atom. The van der Waals surface area contributed by atoms with E-state index in [1.165, 1.54) is 0 Å². The number of amides is 1. The van der Waals surface area contributed by atoms with E-state index in [-0.39, 0.29) is 17.9 Å². The van der Waals surface area contributed by atoms with E-state index in [4.69, 9.17) is 18.7 Å². The van der Waals surface area contributed by atoms with E-state index in [1.807, 2.05) is 57.2 Å². The van der Waals surface area contributed by atoms with Crippen LogP contribution in [0, 0.1) is 6.92 Å². The standard InChI is InChI=1S/C24H27N3O5/c1-14(2)31-20-9-7-16(10-21(20)30-5)23-25-24(32-26-23)17-11-22(28)27(13-17)19-12-18(29-4)8-6-15(19)3/h6-10,12,14,17H,11,13H2,1-5H3. The number of aromatic nitrogens is 2. The predicted molar refractivity (Wildman–Crippen MR) is 119 cm³/mol. The van der Waals surface area contributed by atoms with Gasteiger partial charge in [-0.1, -0.05) is 11.2 Å². The topological polar surface area (TPSA) is 86.9 Å². The average Bonchev–Trinajstić information content (AvgIpc) is 3.41. The van der Waals surface area contributed by atoms with Gasteiger partial charge < -0.3 is 23.6 Å². The number of carbonyl (C=O) groups excluding carboxylic acids is 1. The molecule has 2 aromatic carbocycles. The molecule has 8 heteroatoms. The van der Waals surface area contributed by atoms with Crippen LogP contribution in [-0.2, 0) is 4.79 Å². The van der Waals surface area contributed by atoms with E-state index in [0.29, 0.717) is 41.9 Å². The molecule has 2 heterocycles. The Balaban J connectivity index is 1.55. The maximum absolute atomic E-state index is 12.8.